The number of hydrogen-bond acceptors (Lipinski definition) is 3. The van der Waals surface area contributed by atoms with Gasteiger partial charge in [-0.3, -0.25) is 4.79 Å². The van der Waals surface area contributed by atoms with Crippen LogP contribution in [0.1, 0.15) is 35.3 Å². The van der Waals surface area contributed by atoms with Crippen LogP contribution in [0.3, 0.4) is 0 Å². The van der Waals surface area contributed by atoms with E-state index in [2.05, 4.69) is 4.99 Å². The van der Waals surface area contributed by atoms with Gasteiger partial charge in [-0.2, -0.15) is 18.2 Å². The summed E-state index contributed by atoms with van der Waals surface area (Å²) < 4.78 is 53.5. The minimum Gasteiger partial charge on any atom is -0.480 e. The Labute approximate surface area is 165 Å². The maximum absolute atomic E-state index is 13.1. The molecule has 0 aliphatic heterocycles. The molecule has 1 N–H and O–H groups in total. The molecule has 2 aromatic carbocycles. The Bertz CT molecular complexity index is 1150. The summed E-state index contributed by atoms with van der Waals surface area (Å²) in [7, 11) is 0. The van der Waals surface area contributed by atoms with Crippen molar-refractivity contribution < 1.29 is 32.3 Å². The van der Waals surface area contributed by atoms with E-state index in [1.54, 1.807) is 6.92 Å². The maximum Gasteiger partial charge on any atom is 0.416 e. The number of rotatable bonds is 4. The molecule has 0 spiro atoms. The van der Waals surface area contributed by atoms with Crippen molar-refractivity contribution in [2.45, 2.75) is 25.6 Å². The third-order valence-corrected chi connectivity index (χ3v) is 5.24. The van der Waals surface area contributed by atoms with Crippen molar-refractivity contribution in [2.75, 3.05) is 0 Å². The summed E-state index contributed by atoms with van der Waals surface area (Å²) in [5.41, 5.74) is -0.601. The van der Waals surface area contributed by atoms with Gasteiger partial charge in [0.2, 0.25) is 0 Å². The lowest BCUT2D eigenvalue weighted by atomic mass is 10.2. The highest BCUT2D eigenvalue weighted by Crippen LogP contribution is 2.33. The smallest absolute Gasteiger partial charge is 0.416 e. The van der Waals surface area contributed by atoms with Gasteiger partial charge >= 0.3 is 12.1 Å². The van der Waals surface area contributed by atoms with Crippen molar-refractivity contribution in [1.29, 1.82) is 0 Å². The number of thiazole rings is 1. The lowest BCUT2D eigenvalue weighted by Gasteiger charge is -2.14. The van der Waals surface area contributed by atoms with Crippen LogP contribution in [0, 0.1) is 5.82 Å². The number of benzene rings is 2. The van der Waals surface area contributed by atoms with Gasteiger partial charge in [-0.05, 0) is 48.9 Å². The SMILES string of the molecule is CCC(C(=O)O)n1/c(=N/C(=O)c2ccc(F)cc2)sc2cc(C(F)(F)F)ccc21. The first kappa shape index (κ1) is 20.7. The van der Waals surface area contributed by atoms with Crippen molar-refractivity contribution in [3.05, 3.63) is 64.2 Å². The summed E-state index contributed by atoms with van der Waals surface area (Å²) in [5.74, 6) is -2.51. The Hall–Kier alpha value is -3.01. The molecule has 0 aliphatic rings. The van der Waals surface area contributed by atoms with E-state index >= 15 is 0 Å². The fourth-order valence-corrected chi connectivity index (χ4v) is 3.92. The summed E-state index contributed by atoms with van der Waals surface area (Å²) in [6, 6.07) is 6.37. The molecule has 0 aliphatic carbocycles. The lowest BCUT2D eigenvalue weighted by Crippen LogP contribution is -2.27. The highest BCUT2D eigenvalue weighted by Gasteiger charge is 2.31. The second-order valence-electron chi connectivity index (χ2n) is 6.12. The molecule has 1 amide bonds. The van der Waals surface area contributed by atoms with Gasteiger partial charge in [-0.1, -0.05) is 18.3 Å². The molecule has 1 aromatic heterocycles. The third kappa shape index (κ3) is 4.21. The lowest BCUT2D eigenvalue weighted by molar-refractivity contribution is -0.141. The Morgan fingerprint density at radius 1 is 1.17 bits per heavy atom. The van der Waals surface area contributed by atoms with Crippen molar-refractivity contribution in [2.24, 2.45) is 4.99 Å². The van der Waals surface area contributed by atoms with Gasteiger partial charge in [0.15, 0.2) is 4.80 Å². The molecule has 29 heavy (non-hydrogen) atoms. The average Bonchev–Trinajstić information content (AvgIpc) is 2.99. The predicted octanol–water partition coefficient (Wildman–Crippen LogP) is 4.64. The number of carboxylic acids is 1. The Morgan fingerprint density at radius 3 is 2.38 bits per heavy atom. The number of hydrogen-bond donors (Lipinski definition) is 1. The molecule has 0 fully saturated rings. The highest BCUT2D eigenvalue weighted by molar-refractivity contribution is 7.16. The Morgan fingerprint density at radius 2 is 1.83 bits per heavy atom. The molecule has 1 atom stereocenters. The van der Waals surface area contributed by atoms with Crippen LogP contribution >= 0.6 is 11.3 Å². The minimum absolute atomic E-state index is 0.0529. The topological polar surface area (TPSA) is 71.7 Å². The van der Waals surface area contributed by atoms with Crippen LogP contribution in [0.5, 0.6) is 0 Å². The van der Waals surface area contributed by atoms with Crippen LogP contribution in [0.15, 0.2) is 47.5 Å². The van der Waals surface area contributed by atoms with Crippen molar-refractivity contribution in [1.82, 2.24) is 4.57 Å². The number of carbonyl (C=O) groups excluding carboxylic acids is 1. The van der Waals surface area contributed by atoms with Crippen LogP contribution in [0.4, 0.5) is 17.6 Å². The molecular formula is C19H14F4N2O3S. The standard InChI is InChI=1S/C19H14F4N2O3S/c1-2-13(17(27)28)25-14-8-5-11(19(21,22)23)9-15(14)29-18(25)24-16(26)10-3-6-12(20)7-4-10/h3-9,13H,2H2,1H3,(H,27,28)/b24-18-. The molecule has 1 unspecified atom stereocenters. The summed E-state index contributed by atoms with van der Waals surface area (Å²) in [5, 5.41) is 9.53. The molecule has 0 saturated heterocycles. The molecule has 152 valence electrons. The number of carbonyl (C=O) groups is 2. The molecule has 1 heterocycles. The first-order valence-electron chi connectivity index (χ1n) is 8.41. The van der Waals surface area contributed by atoms with Gasteiger partial charge in [0.05, 0.1) is 15.8 Å². The first-order valence-corrected chi connectivity index (χ1v) is 9.23. The number of alkyl halides is 3. The van der Waals surface area contributed by atoms with E-state index in [1.165, 1.54) is 22.8 Å². The summed E-state index contributed by atoms with van der Waals surface area (Å²) in [4.78, 5) is 28.0. The van der Waals surface area contributed by atoms with Crippen LogP contribution in [-0.4, -0.2) is 21.6 Å². The van der Waals surface area contributed by atoms with Gasteiger partial charge in [0.25, 0.3) is 5.91 Å². The van der Waals surface area contributed by atoms with Crippen LogP contribution in [0.25, 0.3) is 10.2 Å². The molecule has 0 bridgehead atoms. The normalized spacial score (nSPS) is 13.6. The van der Waals surface area contributed by atoms with Crippen molar-refractivity contribution in [3.63, 3.8) is 0 Å². The van der Waals surface area contributed by atoms with Crippen LogP contribution in [-0.2, 0) is 11.0 Å². The van der Waals surface area contributed by atoms with E-state index in [1.807, 2.05) is 0 Å². The predicted molar refractivity (Wildman–Crippen MR) is 98.1 cm³/mol. The second-order valence-corrected chi connectivity index (χ2v) is 7.13. The second kappa shape index (κ2) is 7.78. The maximum atomic E-state index is 13.1. The van der Waals surface area contributed by atoms with Gasteiger partial charge in [0.1, 0.15) is 11.9 Å². The van der Waals surface area contributed by atoms with Crippen molar-refractivity contribution in [3.8, 4) is 0 Å². The third-order valence-electron chi connectivity index (χ3n) is 4.23. The number of amides is 1. The van der Waals surface area contributed by atoms with E-state index in [9.17, 15) is 32.3 Å². The zero-order valence-electron chi connectivity index (χ0n) is 14.9. The summed E-state index contributed by atoms with van der Waals surface area (Å²) >= 11 is 0.779. The molecule has 0 saturated carbocycles. The molecule has 3 aromatic rings. The number of fused-ring (bicyclic) bond motifs is 1. The zero-order chi connectivity index (χ0) is 21.3. The fraction of sp³-hybridized carbons (Fsp3) is 0.211. The van der Waals surface area contributed by atoms with E-state index < -0.39 is 35.5 Å². The van der Waals surface area contributed by atoms with Gasteiger partial charge < -0.3 is 9.67 Å². The average molecular weight is 426 g/mol. The van der Waals surface area contributed by atoms with Crippen LogP contribution in [0.2, 0.25) is 0 Å². The quantitative estimate of drug-likeness (QED) is 0.618. The Kier molecular flexibility index (Phi) is 5.56. The highest BCUT2D eigenvalue weighted by atomic mass is 32.1. The number of aliphatic carboxylic acids is 1. The van der Waals surface area contributed by atoms with E-state index in [0.29, 0.717) is 0 Å². The molecular weight excluding hydrogens is 412 g/mol. The zero-order valence-corrected chi connectivity index (χ0v) is 15.7. The van der Waals surface area contributed by atoms with E-state index in [0.717, 1.165) is 35.6 Å². The minimum atomic E-state index is -4.57. The molecule has 10 heteroatoms. The molecule has 3 rings (SSSR count). The van der Waals surface area contributed by atoms with Gasteiger partial charge in [-0.25, -0.2) is 9.18 Å². The largest absolute Gasteiger partial charge is 0.480 e. The van der Waals surface area contributed by atoms with E-state index in [4.69, 9.17) is 0 Å². The first-order chi connectivity index (χ1) is 13.6. The molecule has 0 radical (unpaired) electrons. The number of carboxylic acid groups (broad SMARTS) is 1. The van der Waals surface area contributed by atoms with Crippen molar-refractivity contribution >= 4 is 33.4 Å². The number of halogens is 4. The van der Waals surface area contributed by atoms with Gasteiger partial charge in [0, 0.05) is 5.56 Å². The fourth-order valence-electron chi connectivity index (χ4n) is 2.81. The summed E-state index contributed by atoms with van der Waals surface area (Å²) in [6.45, 7) is 1.60. The summed E-state index contributed by atoms with van der Waals surface area (Å²) in [6.07, 6.45) is -4.44. The van der Waals surface area contributed by atoms with Crippen LogP contribution < -0.4 is 4.80 Å². The molecule has 5 nitrogen and oxygen atoms in total. The number of nitrogens with zero attached hydrogens (tertiary/aromatic N) is 2. The number of aromatic nitrogens is 1. The van der Waals surface area contributed by atoms with Gasteiger partial charge in [-0.15, -0.1) is 0 Å². The Balaban J connectivity index is 2.24. The monoisotopic (exact) mass is 426 g/mol. The van der Waals surface area contributed by atoms with E-state index in [-0.39, 0.29) is 27.0 Å².